The molecule has 0 spiro atoms. The summed E-state index contributed by atoms with van der Waals surface area (Å²) >= 11 is 0. The van der Waals surface area contributed by atoms with Crippen molar-refractivity contribution >= 4 is 23.3 Å². The van der Waals surface area contributed by atoms with Gasteiger partial charge in [-0.25, -0.2) is 0 Å². The fourth-order valence-electron chi connectivity index (χ4n) is 3.16. The van der Waals surface area contributed by atoms with E-state index in [2.05, 4.69) is 0 Å². The topological polar surface area (TPSA) is 74.6 Å². The van der Waals surface area contributed by atoms with Crippen molar-refractivity contribution in [2.75, 3.05) is 0 Å². The lowest BCUT2D eigenvalue weighted by Crippen LogP contribution is -2.28. The Morgan fingerprint density at radius 3 is 2.08 bits per heavy atom. The Kier molecular flexibility index (Phi) is 3.12. The molecule has 0 radical (unpaired) electrons. The normalized spacial score (nSPS) is 18.8. The fourth-order valence-corrected chi connectivity index (χ4v) is 5.94. The minimum absolute atomic E-state index is 0.0329. The van der Waals surface area contributed by atoms with E-state index in [0.29, 0.717) is 16.4 Å². The van der Waals surface area contributed by atoms with Crippen LogP contribution in [0, 0.1) is 0 Å². The Labute approximate surface area is 138 Å². The maximum absolute atomic E-state index is 13.9. The van der Waals surface area contributed by atoms with E-state index < -0.39 is 12.7 Å². The molecule has 4 rings (SSSR count). The maximum atomic E-state index is 13.9. The Balaban J connectivity index is 2.13. The van der Waals surface area contributed by atoms with Gasteiger partial charge in [0.15, 0.2) is 0 Å². The molecule has 3 aromatic rings. The van der Waals surface area contributed by atoms with Crippen LogP contribution in [-0.2, 0) is 4.57 Å². The highest BCUT2D eigenvalue weighted by molar-refractivity contribution is 7.94. The summed E-state index contributed by atoms with van der Waals surface area (Å²) in [5.74, 6) is -0.416. The summed E-state index contributed by atoms with van der Waals surface area (Å²) < 4.78 is 13.9. The van der Waals surface area contributed by atoms with Crippen molar-refractivity contribution in [3.05, 3.63) is 72.3 Å². The first-order valence-corrected chi connectivity index (χ1v) is 9.10. The van der Waals surface area contributed by atoms with E-state index >= 15 is 0 Å². The second-order valence-electron chi connectivity index (χ2n) is 5.65. The van der Waals surface area contributed by atoms with Crippen LogP contribution in [0.2, 0.25) is 0 Å². The molecule has 0 saturated heterocycles. The van der Waals surface area contributed by atoms with Crippen LogP contribution in [0.15, 0.2) is 66.7 Å². The van der Waals surface area contributed by atoms with Crippen LogP contribution in [-0.4, -0.2) is 15.7 Å². The van der Waals surface area contributed by atoms with Gasteiger partial charge in [-0.2, -0.15) is 0 Å². The monoisotopic (exact) mass is 336 g/mol. The second-order valence-corrected chi connectivity index (χ2v) is 8.24. The van der Waals surface area contributed by atoms with Crippen molar-refractivity contribution in [1.82, 2.24) is 0 Å². The zero-order valence-electron chi connectivity index (χ0n) is 12.5. The van der Waals surface area contributed by atoms with Gasteiger partial charge in [0, 0.05) is 10.9 Å². The minimum atomic E-state index is -3.79. The molecule has 1 unspecified atom stereocenters. The number of carbonyl (C=O) groups excluding carboxylic acids is 1. The number of phenols is 2. The average Bonchev–Trinajstić information content (AvgIpc) is 2.62. The Bertz CT molecular complexity index is 1040. The van der Waals surface area contributed by atoms with Gasteiger partial charge in [-0.1, -0.05) is 48.5 Å². The third-order valence-electron chi connectivity index (χ3n) is 4.28. The van der Waals surface area contributed by atoms with Crippen molar-refractivity contribution in [3.63, 3.8) is 0 Å². The molecular weight excluding hydrogens is 323 g/mol. The van der Waals surface area contributed by atoms with Crippen LogP contribution in [0.3, 0.4) is 0 Å². The average molecular weight is 336 g/mol. The molecule has 1 heterocycles. The highest BCUT2D eigenvalue weighted by Gasteiger charge is 2.44. The van der Waals surface area contributed by atoms with E-state index in [0.717, 1.165) is 5.56 Å². The zero-order chi connectivity index (χ0) is 16.9. The van der Waals surface area contributed by atoms with Crippen LogP contribution in [0.25, 0.3) is 11.1 Å². The van der Waals surface area contributed by atoms with E-state index in [-0.39, 0.29) is 16.8 Å². The van der Waals surface area contributed by atoms with Crippen molar-refractivity contribution in [3.8, 4) is 22.6 Å². The van der Waals surface area contributed by atoms with Gasteiger partial charge < -0.3 is 14.8 Å². The molecule has 0 amide bonds. The Morgan fingerprint density at radius 2 is 1.33 bits per heavy atom. The highest BCUT2D eigenvalue weighted by Crippen LogP contribution is 2.55. The molecule has 3 aromatic carbocycles. The summed E-state index contributed by atoms with van der Waals surface area (Å²) in [6.45, 7) is 0. The predicted octanol–water partition coefficient (Wildman–Crippen LogP) is 3.23. The van der Waals surface area contributed by atoms with E-state index in [1.54, 1.807) is 24.3 Å². The van der Waals surface area contributed by atoms with Crippen LogP contribution >= 0.6 is 7.14 Å². The molecule has 0 aliphatic carbocycles. The number of fused-ring (bicyclic) bond motifs is 3. The molecule has 24 heavy (non-hydrogen) atoms. The van der Waals surface area contributed by atoms with Gasteiger partial charge >= 0.3 is 0 Å². The van der Waals surface area contributed by atoms with E-state index in [1.165, 1.54) is 18.2 Å². The number of phenolic OH excluding ortho intramolecular Hbond substituents is 2. The summed E-state index contributed by atoms with van der Waals surface area (Å²) in [6.07, 6.45) is 0. The van der Waals surface area contributed by atoms with Crippen LogP contribution in [0.4, 0.5) is 0 Å². The van der Waals surface area contributed by atoms with Crippen molar-refractivity contribution in [2.45, 2.75) is 0 Å². The van der Waals surface area contributed by atoms with E-state index in [1.807, 2.05) is 24.3 Å². The van der Waals surface area contributed by atoms with Gasteiger partial charge in [0.25, 0.3) is 0 Å². The highest BCUT2D eigenvalue weighted by atomic mass is 31.2. The lowest BCUT2D eigenvalue weighted by atomic mass is 10.00. The van der Waals surface area contributed by atoms with E-state index in [4.69, 9.17) is 0 Å². The molecule has 4 nitrogen and oxygen atoms in total. The Morgan fingerprint density at radius 1 is 0.708 bits per heavy atom. The van der Waals surface area contributed by atoms with Crippen LogP contribution in [0.5, 0.6) is 11.5 Å². The molecule has 118 valence electrons. The molecule has 0 aromatic heterocycles. The fraction of sp³-hybridized carbons (Fsp3) is 0. The first-order chi connectivity index (χ1) is 11.5. The molecule has 1 aliphatic heterocycles. The molecular formula is C19H13O4P. The third kappa shape index (κ3) is 1.87. The Hall–Kier alpha value is -2.84. The van der Waals surface area contributed by atoms with Crippen molar-refractivity contribution < 1.29 is 19.6 Å². The minimum Gasteiger partial charge on any atom is -0.508 e. The smallest absolute Gasteiger partial charge is 0.230 e. The summed E-state index contributed by atoms with van der Waals surface area (Å²) in [5, 5.41) is 20.3. The van der Waals surface area contributed by atoms with Crippen molar-refractivity contribution in [2.24, 2.45) is 0 Å². The summed E-state index contributed by atoms with van der Waals surface area (Å²) in [4.78, 5) is 13.1. The largest absolute Gasteiger partial charge is 0.508 e. The molecule has 1 aliphatic rings. The maximum Gasteiger partial charge on any atom is 0.230 e. The molecule has 5 heteroatoms. The van der Waals surface area contributed by atoms with Gasteiger partial charge in [0.1, 0.15) is 11.5 Å². The molecule has 2 N–H and O–H groups in total. The SMILES string of the molecule is O=C1c2ccccc2-c2ccccc2P1(=O)c1cc(O)ccc1O. The molecule has 1 atom stereocenters. The molecule has 0 fully saturated rings. The zero-order valence-corrected chi connectivity index (χ0v) is 13.4. The van der Waals surface area contributed by atoms with Crippen molar-refractivity contribution in [1.29, 1.82) is 0 Å². The summed E-state index contributed by atoms with van der Waals surface area (Å²) in [5.41, 5.74) is 1.27. The first-order valence-electron chi connectivity index (χ1n) is 7.40. The van der Waals surface area contributed by atoms with Gasteiger partial charge in [-0.15, -0.1) is 0 Å². The van der Waals surface area contributed by atoms with Gasteiger partial charge in [0.2, 0.25) is 12.7 Å². The molecule has 0 bridgehead atoms. The third-order valence-corrected chi connectivity index (χ3v) is 7.19. The number of hydrogen-bond donors (Lipinski definition) is 2. The van der Waals surface area contributed by atoms with Crippen LogP contribution < -0.4 is 10.6 Å². The second kappa shape index (κ2) is 5.08. The number of carbonyl (C=O) groups is 1. The van der Waals surface area contributed by atoms with Crippen LogP contribution in [0.1, 0.15) is 10.4 Å². The standard InChI is InChI=1S/C19H13O4P/c20-12-9-10-16(21)18(11-12)24(23)17-8-4-3-6-14(17)13-5-1-2-7-15(13)19(24)22/h1-11,20-21H. The molecule has 0 saturated carbocycles. The lowest BCUT2D eigenvalue weighted by Gasteiger charge is -2.27. The van der Waals surface area contributed by atoms with Gasteiger partial charge in [-0.05, 0) is 29.3 Å². The number of rotatable bonds is 1. The van der Waals surface area contributed by atoms with Gasteiger partial charge in [-0.3, -0.25) is 4.79 Å². The summed E-state index contributed by atoms with van der Waals surface area (Å²) in [6, 6.07) is 17.7. The van der Waals surface area contributed by atoms with Gasteiger partial charge in [0.05, 0.1) is 5.30 Å². The number of hydrogen-bond acceptors (Lipinski definition) is 4. The quantitative estimate of drug-likeness (QED) is 0.528. The lowest BCUT2D eigenvalue weighted by molar-refractivity contribution is 0.107. The predicted molar refractivity (Wildman–Crippen MR) is 92.9 cm³/mol. The summed E-state index contributed by atoms with van der Waals surface area (Å²) in [7, 11) is -3.79. The number of benzene rings is 3. The van der Waals surface area contributed by atoms with E-state index in [9.17, 15) is 19.6 Å². The first kappa shape index (κ1) is 14.7. The number of aromatic hydroxyl groups is 2.